The lowest BCUT2D eigenvalue weighted by Crippen LogP contribution is -2.59. The van der Waals surface area contributed by atoms with E-state index in [4.69, 9.17) is 32.6 Å². The van der Waals surface area contributed by atoms with E-state index in [-0.39, 0.29) is 35.0 Å². The van der Waals surface area contributed by atoms with Crippen LogP contribution in [0.1, 0.15) is 76.1 Å². The van der Waals surface area contributed by atoms with Crippen LogP contribution in [-0.2, 0) is 26.2 Å². The van der Waals surface area contributed by atoms with Crippen LogP contribution in [0.25, 0.3) is 0 Å². The molecule has 2 aromatic heterocycles. The molecule has 0 bridgehead atoms. The van der Waals surface area contributed by atoms with Crippen LogP contribution >= 0.6 is 22.9 Å². The van der Waals surface area contributed by atoms with Gasteiger partial charge in [0.25, 0.3) is 0 Å². The van der Waals surface area contributed by atoms with Crippen LogP contribution in [0.5, 0.6) is 0 Å². The van der Waals surface area contributed by atoms with Crippen molar-refractivity contribution < 1.29 is 19.2 Å². The van der Waals surface area contributed by atoms with Crippen LogP contribution in [0.4, 0.5) is 15.6 Å². The number of anilines is 2. The molecule has 220 valence electrons. The quantitative estimate of drug-likeness (QED) is 0.171. The van der Waals surface area contributed by atoms with E-state index < -0.39 is 17.0 Å². The highest BCUT2D eigenvalue weighted by Gasteiger charge is 2.45. The number of carbonyl (C=O) groups excluding carboxylic acids is 2. The lowest BCUT2D eigenvalue weighted by molar-refractivity contribution is -0.150. The average molecular weight is 603 g/mol. The van der Waals surface area contributed by atoms with Gasteiger partial charge >= 0.3 is 12.1 Å². The highest BCUT2D eigenvalue weighted by Crippen LogP contribution is 2.46. The predicted octanol–water partition coefficient (Wildman–Crippen LogP) is 3.94. The summed E-state index contributed by atoms with van der Waals surface area (Å²) in [6.45, 7) is 12.0. The summed E-state index contributed by atoms with van der Waals surface area (Å²) in [5.41, 5.74) is 11.6. The topological polar surface area (TPSA) is 173 Å². The van der Waals surface area contributed by atoms with Crippen LogP contribution in [0.15, 0.2) is 11.2 Å². The Morgan fingerprint density at radius 1 is 1.27 bits per heavy atom. The molecule has 0 unspecified atom stereocenters. The number of nitrogens with two attached hydrogens (primary N) is 2. The molecule has 0 radical (unpaired) electrons. The summed E-state index contributed by atoms with van der Waals surface area (Å²) in [5.74, 6) is -0.317. The fourth-order valence-corrected chi connectivity index (χ4v) is 6.79. The number of nitrogen functional groups attached to an aromatic ring is 1. The van der Waals surface area contributed by atoms with Gasteiger partial charge in [-0.3, -0.25) is 4.90 Å². The maximum absolute atomic E-state index is 13.3. The van der Waals surface area contributed by atoms with Gasteiger partial charge in [0.15, 0.2) is 5.84 Å². The molecule has 2 aliphatic rings. The normalized spacial score (nSPS) is 23.0. The number of hydrogen-bond donors (Lipinski definition) is 2. The summed E-state index contributed by atoms with van der Waals surface area (Å²) in [6.07, 6.45) is 1.59. The van der Waals surface area contributed by atoms with Crippen molar-refractivity contribution in [3.63, 3.8) is 0 Å². The van der Waals surface area contributed by atoms with Crippen molar-refractivity contribution >= 4 is 51.7 Å². The van der Waals surface area contributed by atoms with Crippen LogP contribution < -0.4 is 16.4 Å². The van der Waals surface area contributed by atoms with Gasteiger partial charge in [-0.25, -0.2) is 19.6 Å². The number of nitriles is 1. The first-order chi connectivity index (χ1) is 19.1. The van der Waals surface area contributed by atoms with Crippen LogP contribution in [0, 0.1) is 11.3 Å². The van der Waals surface area contributed by atoms with Crippen LogP contribution in [0.2, 0.25) is 5.28 Å². The molecule has 4 N–H and O–H groups in total. The number of ether oxygens (including phenoxy) is 1. The van der Waals surface area contributed by atoms with E-state index in [0.29, 0.717) is 41.5 Å². The Hall–Kier alpha value is -3.63. The second kappa shape index (κ2) is 11.3. The van der Waals surface area contributed by atoms with E-state index in [1.54, 1.807) is 17.9 Å². The first-order valence-corrected chi connectivity index (χ1v) is 14.5. The number of halogens is 1. The second-order valence-corrected chi connectivity index (χ2v) is 13.1. The van der Waals surface area contributed by atoms with E-state index in [2.05, 4.69) is 21.2 Å². The smallest absolute Gasteiger partial charge is 0.410 e. The van der Waals surface area contributed by atoms with E-state index in [1.807, 2.05) is 39.5 Å². The SMILES string of the molecule is C[C@@H]1CN(c2cc(/C(N)=N/OC(=O)[C@@]3(C)CCCc4sc(N)c(C#N)c43)nc(Cl)n2)C[C@H](C)N1C(=O)OC(C)(C)C. The van der Waals surface area contributed by atoms with Gasteiger partial charge in [0.05, 0.1) is 23.1 Å². The molecular formula is C27H35ClN8O4S. The fraction of sp³-hybridized carbons (Fsp3) is 0.556. The zero-order chi connectivity index (χ0) is 30.3. The van der Waals surface area contributed by atoms with Gasteiger partial charge < -0.3 is 25.9 Å². The first kappa shape index (κ1) is 30.3. The van der Waals surface area contributed by atoms with Crippen molar-refractivity contribution in [2.24, 2.45) is 10.9 Å². The highest BCUT2D eigenvalue weighted by atomic mass is 35.5. The van der Waals surface area contributed by atoms with Crippen molar-refractivity contribution in [1.29, 1.82) is 5.26 Å². The molecule has 41 heavy (non-hydrogen) atoms. The molecule has 0 spiro atoms. The van der Waals surface area contributed by atoms with E-state index in [1.165, 1.54) is 11.3 Å². The van der Waals surface area contributed by atoms with Gasteiger partial charge in [-0.05, 0) is 72.4 Å². The summed E-state index contributed by atoms with van der Waals surface area (Å²) >= 11 is 7.57. The average Bonchev–Trinajstić information content (AvgIpc) is 3.21. The monoisotopic (exact) mass is 602 g/mol. The number of nitrogens with zero attached hydrogens (tertiary/aromatic N) is 6. The Balaban J connectivity index is 1.52. The maximum Gasteiger partial charge on any atom is 0.410 e. The lowest BCUT2D eigenvalue weighted by Gasteiger charge is -2.44. The van der Waals surface area contributed by atoms with E-state index in [9.17, 15) is 14.9 Å². The Labute approximate surface area is 248 Å². The summed E-state index contributed by atoms with van der Waals surface area (Å²) < 4.78 is 5.59. The van der Waals surface area contributed by atoms with Gasteiger partial charge in [-0.2, -0.15) is 5.26 Å². The molecule has 1 aliphatic carbocycles. The Kier molecular flexibility index (Phi) is 8.38. The van der Waals surface area contributed by atoms with Gasteiger partial charge in [-0.1, -0.05) is 5.16 Å². The molecule has 1 aliphatic heterocycles. The molecule has 1 saturated heterocycles. The summed E-state index contributed by atoms with van der Waals surface area (Å²) in [7, 11) is 0. The Morgan fingerprint density at radius 3 is 2.54 bits per heavy atom. The molecule has 1 amide bonds. The van der Waals surface area contributed by atoms with E-state index >= 15 is 0 Å². The number of oxime groups is 1. The summed E-state index contributed by atoms with van der Waals surface area (Å²) in [4.78, 5) is 44.5. The molecule has 1 fully saturated rings. The number of hydrogen-bond acceptors (Lipinski definition) is 11. The van der Waals surface area contributed by atoms with Crippen molar-refractivity contribution in [1.82, 2.24) is 14.9 Å². The zero-order valence-electron chi connectivity index (χ0n) is 24.0. The van der Waals surface area contributed by atoms with E-state index in [0.717, 1.165) is 17.7 Å². The summed E-state index contributed by atoms with van der Waals surface area (Å²) in [5, 5.41) is 13.8. The number of rotatable bonds is 4. The van der Waals surface area contributed by atoms with Gasteiger partial charge in [0.2, 0.25) is 5.28 Å². The molecule has 3 atom stereocenters. The molecule has 3 heterocycles. The number of amidine groups is 1. The number of thiophene rings is 1. The third kappa shape index (κ3) is 6.18. The van der Waals surface area contributed by atoms with Crippen molar-refractivity contribution in [3.05, 3.63) is 33.0 Å². The molecule has 4 rings (SSSR count). The minimum Gasteiger partial charge on any atom is -0.444 e. The fourth-order valence-electron chi connectivity index (χ4n) is 5.42. The number of fused-ring (bicyclic) bond motifs is 1. The summed E-state index contributed by atoms with van der Waals surface area (Å²) in [6, 6.07) is 3.38. The third-order valence-corrected chi connectivity index (χ3v) is 8.47. The Bertz CT molecular complexity index is 1420. The molecule has 14 heteroatoms. The largest absolute Gasteiger partial charge is 0.444 e. The number of carbonyl (C=O) groups is 2. The number of aromatic nitrogens is 2. The van der Waals surface area contributed by atoms with Crippen molar-refractivity contribution in [2.45, 2.75) is 83.9 Å². The predicted molar refractivity (Wildman–Crippen MR) is 157 cm³/mol. The molecule has 0 aromatic carbocycles. The second-order valence-electron chi connectivity index (χ2n) is 11.7. The van der Waals surface area contributed by atoms with Crippen molar-refractivity contribution in [2.75, 3.05) is 23.7 Å². The zero-order valence-corrected chi connectivity index (χ0v) is 25.6. The van der Waals surface area contributed by atoms with Crippen LogP contribution in [-0.4, -0.2) is 63.5 Å². The van der Waals surface area contributed by atoms with Crippen molar-refractivity contribution in [3.8, 4) is 6.07 Å². The lowest BCUT2D eigenvalue weighted by atomic mass is 9.72. The number of piperazine rings is 1. The minimum atomic E-state index is -1.09. The highest BCUT2D eigenvalue weighted by molar-refractivity contribution is 7.16. The number of amides is 1. The third-order valence-electron chi connectivity index (χ3n) is 7.23. The maximum atomic E-state index is 13.3. The van der Waals surface area contributed by atoms with Gasteiger partial charge in [0.1, 0.15) is 28.2 Å². The molecule has 2 aromatic rings. The standard InChI is InChI=1S/C27H35ClN8O4S/c1-14-12-35(13-15(2)36(14)25(38)39-26(3,4)5)19-10-17(32-24(28)33-19)21(30)34-40-23(37)27(6)9-7-8-18-20(27)16(11-29)22(31)41-18/h10,14-15H,7-9,12-13,31H2,1-6H3,(H2,30,34)/t14-,15+,27-/m0/s1. The van der Waals surface area contributed by atoms with Gasteiger partial charge in [-0.15, -0.1) is 11.3 Å². The number of aryl methyl sites for hydroxylation is 1. The Morgan fingerprint density at radius 2 is 1.93 bits per heavy atom. The van der Waals surface area contributed by atoms with Crippen LogP contribution in [0.3, 0.4) is 0 Å². The minimum absolute atomic E-state index is 0.0619. The molecule has 12 nitrogen and oxygen atoms in total. The molecule has 0 saturated carbocycles. The molecular weight excluding hydrogens is 568 g/mol. The first-order valence-electron chi connectivity index (χ1n) is 13.3. The van der Waals surface area contributed by atoms with Gasteiger partial charge in [0, 0.05) is 29.6 Å².